The first-order chi connectivity index (χ1) is 10.8. The minimum absolute atomic E-state index is 0. The Hall–Kier alpha value is -0.0900. The highest BCUT2D eigenvalue weighted by Crippen LogP contribution is 2.06. The van der Waals surface area contributed by atoms with Crippen molar-refractivity contribution in [3.63, 3.8) is 0 Å². The van der Waals surface area contributed by atoms with E-state index in [2.05, 4.69) is 48.2 Å². The largest absolute Gasteiger partial charge is 0.357 e. The molecule has 0 aromatic rings. The van der Waals surface area contributed by atoms with Gasteiger partial charge in [0.05, 0.1) is 18.1 Å². The molecule has 8 heteroatoms. The number of rotatable bonds is 8. The molecule has 0 amide bonds. The van der Waals surface area contributed by atoms with E-state index in [9.17, 15) is 8.42 Å². The fraction of sp³-hybridized carbons (Fsp3) is 0.938. The molecule has 0 spiro atoms. The third kappa shape index (κ3) is 10.7. The zero-order valence-corrected chi connectivity index (χ0v) is 18.7. The zero-order valence-electron chi connectivity index (χ0n) is 15.5. The summed E-state index contributed by atoms with van der Waals surface area (Å²) in [4.78, 5) is 6.79. The SMILES string of the molecule is CCNC(=NCCN1CCS(=O)(=O)CC1)NC(C)CCC(C)C.I. The quantitative estimate of drug-likeness (QED) is 0.319. The normalized spacial score (nSPS) is 19.6. The van der Waals surface area contributed by atoms with Crippen LogP contribution in [0.5, 0.6) is 0 Å². The Kier molecular flexibility index (Phi) is 12.2. The molecule has 0 aromatic carbocycles. The molecule has 1 aliphatic rings. The number of hydrogen-bond donors (Lipinski definition) is 2. The van der Waals surface area contributed by atoms with Gasteiger partial charge in [-0.05, 0) is 32.6 Å². The third-order valence-corrected chi connectivity index (χ3v) is 5.64. The summed E-state index contributed by atoms with van der Waals surface area (Å²) in [6.07, 6.45) is 2.34. The first-order valence-corrected chi connectivity index (χ1v) is 10.6. The van der Waals surface area contributed by atoms with Crippen molar-refractivity contribution in [3.05, 3.63) is 0 Å². The Morgan fingerprint density at radius 2 is 1.79 bits per heavy atom. The van der Waals surface area contributed by atoms with E-state index in [0.29, 0.717) is 31.6 Å². The van der Waals surface area contributed by atoms with Crippen molar-refractivity contribution < 1.29 is 8.42 Å². The van der Waals surface area contributed by atoms with Crippen molar-refractivity contribution >= 4 is 39.8 Å². The van der Waals surface area contributed by atoms with Gasteiger partial charge in [-0.1, -0.05) is 13.8 Å². The number of guanidine groups is 1. The van der Waals surface area contributed by atoms with Crippen LogP contribution < -0.4 is 10.6 Å². The molecule has 1 unspecified atom stereocenters. The second-order valence-electron chi connectivity index (χ2n) is 6.77. The molecular weight excluding hydrogens is 439 g/mol. The summed E-state index contributed by atoms with van der Waals surface area (Å²) in [6.45, 7) is 12.3. The lowest BCUT2D eigenvalue weighted by Gasteiger charge is -2.26. The average molecular weight is 474 g/mol. The maximum Gasteiger partial charge on any atom is 0.191 e. The van der Waals surface area contributed by atoms with Crippen molar-refractivity contribution in [2.75, 3.05) is 44.2 Å². The van der Waals surface area contributed by atoms with Gasteiger partial charge < -0.3 is 10.6 Å². The molecule has 24 heavy (non-hydrogen) atoms. The molecule has 0 bridgehead atoms. The van der Waals surface area contributed by atoms with Crippen LogP contribution in [-0.2, 0) is 9.84 Å². The van der Waals surface area contributed by atoms with Gasteiger partial charge in [-0.3, -0.25) is 9.89 Å². The summed E-state index contributed by atoms with van der Waals surface area (Å²) in [5.74, 6) is 2.13. The van der Waals surface area contributed by atoms with E-state index in [1.807, 2.05) is 0 Å². The fourth-order valence-electron chi connectivity index (χ4n) is 2.49. The van der Waals surface area contributed by atoms with Crippen LogP contribution in [0.1, 0.15) is 40.5 Å². The Labute approximate surface area is 165 Å². The van der Waals surface area contributed by atoms with E-state index in [1.165, 1.54) is 6.42 Å². The first-order valence-electron chi connectivity index (χ1n) is 8.80. The highest BCUT2D eigenvalue weighted by molar-refractivity contribution is 14.0. The molecule has 1 fully saturated rings. The van der Waals surface area contributed by atoms with Gasteiger partial charge in [-0.25, -0.2) is 8.42 Å². The van der Waals surface area contributed by atoms with Crippen LogP contribution in [0.2, 0.25) is 0 Å². The van der Waals surface area contributed by atoms with Crippen molar-refractivity contribution in [2.45, 2.75) is 46.6 Å². The number of nitrogens with one attached hydrogen (secondary N) is 2. The Balaban J connectivity index is 0.00000529. The van der Waals surface area contributed by atoms with Crippen LogP contribution in [0.4, 0.5) is 0 Å². The van der Waals surface area contributed by atoms with Gasteiger partial charge >= 0.3 is 0 Å². The second kappa shape index (κ2) is 12.3. The summed E-state index contributed by atoms with van der Waals surface area (Å²) in [6, 6.07) is 0.398. The lowest BCUT2D eigenvalue weighted by atomic mass is 10.0. The summed E-state index contributed by atoms with van der Waals surface area (Å²) in [5, 5.41) is 6.73. The number of hydrogen-bond acceptors (Lipinski definition) is 4. The molecule has 1 aliphatic heterocycles. The highest BCUT2D eigenvalue weighted by atomic mass is 127. The van der Waals surface area contributed by atoms with Crippen LogP contribution in [0.15, 0.2) is 4.99 Å². The Morgan fingerprint density at radius 1 is 1.17 bits per heavy atom. The summed E-state index contributed by atoms with van der Waals surface area (Å²) in [5.41, 5.74) is 0. The van der Waals surface area contributed by atoms with Crippen LogP contribution >= 0.6 is 24.0 Å². The molecule has 6 nitrogen and oxygen atoms in total. The highest BCUT2D eigenvalue weighted by Gasteiger charge is 2.20. The molecule has 0 radical (unpaired) electrons. The molecule has 1 heterocycles. The molecule has 0 aromatic heterocycles. The van der Waals surface area contributed by atoms with Gasteiger partial charge in [0, 0.05) is 32.2 Å². The molecular formula is C16H35IN4O2S. The standard InChI is InChI=1S/C16H34N4O2S.HI/c1-5-17-16(19-15(4)7-6-14(2)3)18-8-9-20-10-12-23(21,22)13-11-20;/h14-15H,5-13H2,1-4H3,(H2,17,18,19);1H. The molecule has 144 valence electrons. The van der Waals surface area contributed by atoms with E-state index in [4.69, 9.17) is 0 Å². The second-order valence-corrected chi connectivity index (χ2v) is 9.07. The molecule has 0 saturated carbocycles. The topological polar surface area (TPSA) is 73.8 Å². The number of nitrogens with zero attached hydrogens (tertiary/aromatic N) is 2. The maximum absolute atomic E-state index is 11.4. The first kappa shape index (κ1) is 23.9. The number of aliphatic imine (C=N–C) groups is 1. The Morgan fingerprint density at radius 3 is 2.33 bits per heavy atom. The summed E-state index contributed by atoms with van der Waals surface area (Å²) in [7, 11) is -2.80. The number of halogens is 1. The van der Waals surface area contributed by atoms with Gasteiger partial charge in [-0.15, -0.1) is 24.0 Å². The molecule has 1 rings (SSSR count). The fourth-order valence-corrected chi connectivity index (χ4v) is 3.76. The lowest BCUT2D eigenvalue weighted by molar-refractivity contribution is 0.304. The van der Waals surface area contributed by atoms with Crippen molar-refractivity contribution in [3.8, 4) is 0 Å². The van der Waals surface area contributed by atoms with E-state index < -0.39 is 9.84 Å². The zero-order chi connectivity index (χ0) is 17.3. The smallest absolute Gasteiger partial charge is 0.191 e. The van der Waals surface area contributed by atoms with E-state index in [0.717, 1.165) is 25.5 Å². The summed E-state index contributed by atoms with van der Waals surface area (Å²) < 4.78 is 22.8. The lowest BCUT2D eigenvalue weighted by Crippen LogP contribution is -2.44. The predicted octanol–water partition coefficient (Wildman–Crippen LogP) is 1.71. The third-order valence-electron chi connectivity index (χ3n) is 4.03. The van der Waals surface area contributed by atoms with Crippen LogP contribution in [0.25, 0.3) is 0 Å². The van der Waals surface area contributed by atoms with Gasteiger partial charge in [0.1, 0.15) is 0 Å². The van der Waals surface area contributed by atoms with Crippen LogP contribution in [0.3, 0.4) is 0 Å². The van der Waals surface area contributed by atoms with Gasteiger partial charge in [0.15, 0.2) is 15.8 Å². The summed E-state index contributed by atoms with van der Waals surface area (Å²) >= 11 is 0. The molecule has 1 atom stereocenters. The van der Waals surface area contributed by atoms with Crippen molar-refractivity contribution in [1.82, 2.24) is 15.5 Å². The monoisotopic (exact) mass is 474 g/mol. The van der Waals surface area contributed by atoms with Crippen molar-refractivity contribution in [1.29, 1.82) is 0 Å². The van der Waals surface area contributed by atoms with E-state index in [-0.39, 0.29) is 35.5 Å². The Bertz CT molecular complexity index is 455. The van der Waals surface area contributed by atoms with Gasteiger partial charge in [0.2, 0.25) is 0 Å². The van der Waals surface area contributed by atoms with Crippen LogP contribution in [0, 0.1) is 5.92 Å². The minimum atomic E-state index is -2.80. The maximum atomic E-state index is 11.4. The van der Waals surface area contributed by atoms with Crippen molar-refractivity contribution in [2.24, 2.45) is 10.9 Å². The number of sulfone groups is 1. The molecule has 0 aliphatic carbocycles. The predicted molar refractivity (Wildman–Crippen MR) is 113 cm³/mol. The van der Waals surface area contributed by atoms with Crippen LogP contribution in [-0.4, -0.2) is 69.5 Å². The van der Waals surface area contributed by atoms with E-state index in [1.54, 1.807) is 0 Å². The average Bonchev–Trinajstić information content (AvgIpc) is 2.47. The molecule has 1 saturated heterocycles. The van der Waals surface area contributed by atoms with Gasteiger partial charge in [-0.2, -0.15) is 0 Å². The van der Waals surface area contributed by atoms with Gasteiger partial charge in [0.25, 0.3) is 0 Å². The minimum Gasteiger partial charge on any atom is -0.357 e. The molecule has 2 N–H and O–H groups in total. The van der Waals surface area contributed by atoms with E-state index >= 15 is 0 Å².